The summed E-state index contributed by atoms with van der Waals surface area (Å²) in [7, 11) is 0. The van der Waals surface area contributed by atoms with E-state index in [9.17, 15) is 5.11 Å². The van der Waals surface area contributed by atoms with E-state index in [4.69, 9.17) is 0 Å². The van der Waals surface area contributed by atoms with Crippen LogP contribution in [0.15, 0.2) is 11.6 Å². The smallest absolute Gasteiger partial charge is 0.0692 e. The second-order valence-corrected chi connectivity index (χ2v) is 6.41. The van der Waals surface area contributed by atoms with Crippen LogP contribution in [-0.2, 0) is 0 Å². The van der Waals surface area contributed by atoms with Crippen LogP contribution in [0, 0.1) is 5.92 Å². The number of nitrogens with one attached hydrogen (secondary N) is 1. The van der Waals surface area contributed by atoms with E-state index in [1.807, 2.05) is 0 Å². The Morgan fingerprint density at radius 2 is 1.85 bits per heavy atom. The minimum atomic E-state index is -0.186. The molecular weight excluding hydrogens is 248 g/mol. The van der Waals surface area contributed by atoms with Gasteiger partial charge in [0.15, 0.2) is 0 Å². The van der Waals surface area contributed by atoms with Crippen LogP contribution < -0.4 is 5.32 Å². The van der Waals surface area contributed by atoms with E-state index < -0.39 is 0 Å². The van der Waals surface area contributed by atoms with Gasteiger partial charge in [0.2, 0.25) is 0 Å². The fraction of sp³-hybridized carbons (Fsp3) is 0.882. The van der Waals surface area contributed by atoms with Crippen molar-refractivity contribution in [2.75, 3.05) is 26.2 Å². The quantitative estimate of drug-likeness (QED) is 0.672. The highest BCUT2D eigenvalue weighted by Crippen LogP contribution is 2.14. The van der Waals surface area contributed by atoms with Gasteiger partial charge in [-0.05, 0) is 45.7 Å². The van der Waals surface area contributed by atoms with Crippen LogP contribution in [0.5, 0.6) is 0 Å². The molecule has 3 nitrogen and oxygen atoms in total. The fourth-order valence-electron chi connectivity index (χ4n) is 2.92. The summed E-state index contributed by atoms with van der Waals surface area (Å²) in [5, 5.41) is 13.7. The lowest BCUT2D eigenvalue weighted by molar-refractivity contribution is 0.0935. The fourth-order valence-corrected chi connectivity index (χ4v) is 2.92. The van der Waals surface area contributed by atoms with Crippen molar-refractivity contribution in [1.29, 1.82) is 0 Å². The van der Waals surface area contributed by atoms with E-state index in [0.717, 1.165) is 25.9 Å². The summed E-state index contributed by atoms with van der Waals surface area (Å²) >= 11 is 0. The van der Waals surface area contributed by atoms with Gasteiger partial charge in [-0.15, -0.1) is 0 Å². The van der Waals surface area contributed by atoms with Crippen molar-refractivity contribution < 1.29 is 5.11 Å². The predicted octanol–water partition coefficient (Wildman–Crippen LogP) is 2.80. The highest BCUT2D eigenvalue weighted by molar-refractivity contribution is 4.95. The zero-order valence-corrected chi connectivity index (χ0v) is 13.9. The lowest BCUT2D eigenvalue weighted by Crippen LogP contribution is -2.45. The number of nitrogens with zero attached hydrogens (tertiary/aromatic N) is 1. The third kappa shape index (κ3) is 6.38. The SMILES string of the molecule is CCC(CC)C(O)CNC1CCN(CC=C(C)C)CC1. The number of allylic oxidation sites excluding steroid dienone is 1. The average Bonchev–Trinajstić information content (AvgIpc) is 2.45. The van der Waals surface area contributed by atoms with Crippen molar-refractivity contribution in [1.82, 2.24) is 10.2 Å². The topological polar surface area (TPSA) is 35.5 Å². The maximum absolute atomic E-state index is 10.2. The summed E-state index contributed by atoms with van der Waals surface area (Å²) < 4.78 is 0. The summed E-state index contributed by atoms with van der Waals surface area (Å²) in [5.41, 5.74) is 1.40. The van der Waals surface area contributed by atoms with Crippen molar-refractivity contribution >= 4 is 0 Å². The Morgan fingerprint density at radius 3 is 2.35 bits per heavy atom. The van der Waals surface area contributed by atoms with Crippen LogP contribution >= 0.6 is 0 Å². The summed E-state index contributed by atoms with van der Waals surface area (Å²) in [6, 6.07) is 0.585. The first-order valence-corrected chi connectivity index (χ1v) is 8.33. The standard InChI is InChI=1S/C17H34N2O/c1-5-15(6-2)17(20)13-18-16-8-11-19(12-9-16)10-7-14(3)4/h7,15-18,20H,5-6,8-13H2,1-4H3. The second-order valence-electron chi connectivity index (χ2n) is 6.41. The Labute approximate surface area is 125 Å². The third-order valence-electron chi connectivity index (χ3n) is 4.55. The number of aliphatic hydroxyl groups excluding tert-OH is 1. The molecule has 1 rings (SSSR count). The first-order valence-electron chi connectivity index (χ1n) is 8.33. The molecule has 2 N–H and O–H groups in total. The summed E-state index contributed by atoms with van der Waals surface area (Å²) in [5.74, 6) is 0.445. The van der Waals surface area contributed by atoms with Gasteiger partial charge in [0, 0.05) is 19.1 Å². The molecule has 118 valence electrons. The molecular formula is C17H34N2O. The van der Waals surface area contributed by atoms with Crippen LogP contribution in [0.25, 0.3) is 0 Å². The number of hydrogen-bond donors (Lipinski definition) is 2. The summed E-state index contributed by atoms with van der Waals surface area (Å²) in [6.07, 6.45) is 6.66. The minimum Gasteiger partial charge on any atom is -0.392 e. The molecule has 0 radical (unpaired) electrons. The Kier molecular flexibility index (Phi) is 8.43. The van der Waals surface area contributed by atoms with Crippen molar-refractivity contribution in [3.63, 3.8) is 0 Å². The molecule has 0 amide bonds. The molecule has 3 heteroatoms. The highest BCUT2D eigenvalue weighted by atomic mass is 16.3. The molecule has 0 bridgehead atoms. The zero-order chi connectivity index (χ0) is 15.0. The molecule has 0 aromatic rings. The molecule has 1 atom stereocenters. The van der Waals surface area contributed by atoms with Crippen LogP contribution in [0.2, 0.25) is 0 Å². The molecule has 0 aliphatic carbocycles. The highest BCUT2D eigenvalue weighted by Gasteiger charge is 2.20. The van der Waals surface area contributed by atoms with Gasteiger partial charge in [-0.3, -0.25) is 4.90 Å². The lowest BCUT2D eigenvalue weighted by Gasteiger charge is -2.33. The maximum atomic E-state index is 10.2. The zero-order valence-electron chi connectivity index (χ0n) is 13.9. The molecule has 0 aromatic carbocycles. The largest absolute Gasteiger partial charge is 0.392 e. The number of hydrogen-bond acceptors (Lipinski definition) is 3. The second kappa shape index (κ2) is 9.54. The molecule has 1 fully saturated rings. The van der Waals surface area contributed by atoms with E-state index >= 15 is 0 Å². The van der Waals surface area contributed by atoms with Crippen molar-refractivity contribution in [3.05, 3.63) is 11.6 Å². The van der Waals surface area contributed by atoms with Crippen molar-refractivity contribution in [3.8, 4) is 0 Å². The van der Waals surface area contributed by atoms with Gasteiger partial charge in [-0.2, -0.15) is 0 Å². The molecule has 1 unspecified atom stereocenters. The van der Waals surface area contributed by atoms with Crippen LogP contribution in [0.1, 0.15) is 53.4 Å². The molecule has 20 heavy (non-hydrogen) atoms. The first kappa shape index (κ1) is 17.7. The van der Waals surface area contributed by atoms with Crippen molar-refractivity contribution in [2.45, 2.75) is 65.5 Å². The molecule has 1 aliphatic rings. The molecule has 1 heterocycles. The number of rotatable bonds is 8. The summed E-state index contributed by atoms with van der Waals surface area (Å²) in [4.78, 5) is 2.52. The third-order valence-corrected chi connectivity index (χ3v) is 4.55. The Bertz CT molecular complexity index is 275. The molecule has 0 aromatic heterocycles. The van der Waals surface area contributed by atoms with E-state index in [1.165, 1.54) is 31.5 Å². The maximum Gasteiger partial charge on any atom is 0.0692 e. The van der Waals surface area contributed by atoms with Gasteiger partial charge in [0.05, 0.1) is 6.10 Å². The Morgan fingerprint density at radius 1 is 1.25 bits per heavy atom. The van der Waals surface area contributed by atoms with E-state index in [-0.39, 0.29) is 6.10 Å². The van der Waals surface area contributed by atoms with Gasteiger partial charge in [-0.1, -0.05) is 38.3 Å². The minimum absolute atomic E-state index is 0.186. The lowest BCUT2D eigenvalue weighted by atomic mass is 9.96. The number of aliphatic hydroxyl groups is 1. The first-order chi connectivity index (χ1) is 9.56. The van der Waals surface area contributed by atoms with Gasteiger partial charge in [0.25, 0.3) is 0 Å². The molecule has 0 saturated carbocycles. The van der Waals surface area contributed by atoms with Gasteiger partial charge < -0.3 is 10.4 Å². The van der Waals surface area contributed by atoms with Crippen LogP contribution in [0.4, 0.5) is 0 Å². The summed E-state index contributed by atoms with van der Waals surface area (Å²) in [6.45, 7) is 12.8. The van der Waals surface area contributed by atoms with Crippen molar-refractivity contribution in [2.24, 2.45) is 5.92 Å². The molecule has 1 saturated heterocycles. The van der Waals surface area contributed by atoms with Crippen LogP contribution in [-0.4, -0.2) is 48.3 Å². The monoisotopic (exact) mass is 282 g/mol. The molecule has 1 aliphatic heterocycles. The van der Waals surface area contributed by atoms with Gasteiger partial charge in [0.1, 0.15) is 0 Å². The normalized spacial score (nSPS) is 19.3. The van der Waals surface area contributed by atoms with E-state index in [1.54, 1.807) is 0 Å². The van der Waals surface area contributed by atoms with Crippen LogP contribution in [0.3, 0.4) is 0 Å². The van der Waals surface area contributed by atoms with Gasteiger partial charge in [-0.25, -0.2) is 0 Å². The number of piperidine rings is 1. The molecule has 0 spiro atoms. The van der Waals surface area contributed by atoms with Gasteiger partial charge >= 0.3 is 0 Å². The average molecular weight is 282 g/mol. The van der Waals surface area contributed by atoms with E-state index in [2.05, 4.69) is 44.0 Å². The van der Waals surface area contributed by atoms with E-state index in [0.29, 0.717) is 12.0 Å². The predicted molar refractivity (Wildman–Crippen MR) is 87.0 cm³/mol. The Balaban J connectivity index is 2.20. The number of likely N-dealkylation sites (tertiary alicyclic amines) is 1. The Hall–Kier alpha value is -0.380.